The van der Waals surface area contributed by atoms with Crippen LogP contribution >= 0.6 is 11.6 Å². The lowest BCUT2D eigenvalue weighted by molar-refractivity contribution is -0.127. The number of imidazole rings is 1. The first kappa shape index (κ1) is 32.2. The molecule has 1 aliphatic heterocycles. The number of amides is 2. The highest BCUT2D eigenvalue weighted by atomic mass is 35.5. The molecule has 0 saturated carbocycles. The fraction of sp³-hybridized carbons (Fsp3) is 0.471. The van der Waals surface area contributed by atoms with Crippen molar-refractivity contribution in [1.29, 1.82) is 5.26 Å². The summed E-state index contributed by atoms with van der Waals surface area (Å²) in [7, 11) is 0. The lowest BCUT2D eigenvalue weighted by Gasteiger charge is -2.28. The van der Waals surface area contributed by atoms with E-state index in [-0.39, 0.29) is 34.3 Å². The van der Waals surface area contributed by atoms with Crippen LogP contribution in [-0.4, -0.2) is 44.9 Å². The van der Waals surface area contributed by atoms with E-state index in [2.05, 4.69) is 50.5 Å². The molecule has 228 valence electrons. The van der Waals surface area contributed by atoms with Crippen LogP contribution in [0.15, 0.2) is 54.1 Å². The van der Waals surface area contributed by atoms with Crippen LogP contribution in [0.3, 0.4) is 0 Å². The number of nitrogens with one attached hydrogen (secondary N) is 2. The SMILES string of the molecule is CC(NCc1ccc2c(c1)nc(NC(=O)c1ccc(Cl)cc1)n2CC1CCCN1C(=O)C(C#N)=CC(C)(C)C)C(C)(C)C. The van der Waals surface area contributed by atoms with Gasteiger partial charge in [0.25, 0.3) is 11.8 Å². The minimum atomic E-state index is -0.299. The summed E-state index contributed by atoms with van der Waals surface area (Å²) in [5, 5.41) is 16.9. The molecule has 2 aromatic carbocycles. The van der Waals surface area contributed by atoms with Gasteiger partial charge in [-0.3, -0.25) is 14.9 Å². The molecule has 2 unspecified atom stereocenters. The number of fused-ring (bicyclic) bond motifs is 1. The summed E-state index contributed by atoms with van der Waals surface area (Å²) < 4.78 is 1.98. The van der Waals surface area contributed by atoms with Gasteiger partial charge in [0.05, 0.1) is 17.1 Å². The number of hydrogen-bond donors (Lipinski definition) is 2. The molecule has 0 aliphatic carbocycles. The Bertz CT molecular complexity index is 1550. The van der Waals surface area contributed by atoms with E-state index in [4.69, 9.17) is 16.6 Å². The molecule has 3 aromatic rings. The molecule has 2 atom stereocenters. The van der Waals surface area contributed by atoms with Crippen LogP contribution in [0.5, 0.6) is 0 Å². The van der Waals surface area contributed by atoms with Crippen molar-refractivity contribution in [3.63, 3.8) is 0 Å². The van der Waals surface area contributed by atoms with Gasteiger partial charge in [0, 0.05) is 36.3 Å². The van der Waals surface area contributed by atoms with Gasteiger partial charge in [-0.2, -0.15) is 5.26 Å². The fourth-order valence-electron chi connectivity index (χ4n) is 5.15. The summed E-state index contributed by atoms with van der Waals surface area (Å²) in [6.45, 7) is 16.4. The Kier molecular flexibility index (Phi) is 9.68. The maximum Gasteiger partial charge on any atom is 0.264 e. The average molecular weight is 603 g/mol. The number of carbonyl (C=O) groups is 2. The third-order valence-corrected chi connectivity index (χ3v) is 8.27. The number of rotatable bonds is 8. The second-order valence-electron chi connectivity index (χ2n) is 13.6. The van der Waals surface area contributed by atoms with Gasteiger partial charge >= 0.3 is 0 Å². The molecule has 1 saturated heterocycles. The van der Waals surface area contributed by atoms with Crippen LogP contribution in [-0.2, 0) is 17.9 Å². The van der Waals surface area contributed by atoms with E-state index in [1.807, 2.05) is 37.5 Å². The Morgan fingerprint density at radius 3 is 2.47 bits per heavy atom. The van der Waals surface area contributed by atoms with Gasteiger partial charge in [-0.05, 0) is 72.6 Å². The second kappa shape index (κ2) is 12.9. The summed E-state index contributed by atoms with van der Waals surface area (Å²) in [4.78, 5) is 33.4. The van der Waals surface area contributed by atoms with Crippen LogP contribution in [0, 0.1) is 22.2 Å². The molecule has 2 N–H and O–H groups in total. The Morgan fingerprint density at radius 1 is 1.14 bits per heavy atom. The van der Waals surface area contributed by atoms with Gasteiger partial charge in [-0.15, -0.1) is 0 Å². The molecule has 9 heteroatoms. The van der Waals surface area contributed by atoms with Crippen LogP contribution in [0.1, 0.15) is 77.2 Å². The molecule has 0 radical (unpaired) electrons. The molecule has 0 bridgehead atoms. The van der Waals surface area contributed by atoms with Crippen molar-refractivity contribution < 1.29 is 9.59 Å². The number of anilines is 1. The average Bonchev–Trinajstić information content (AvgIpc) is 3.53. The number of halogens is 1. The summed E-state index contributed by atoms with van der Waals surface area (Å²) >= 11 is 6.03. The monoisotopic (exact) mass is 602 g/mol. The summed E-state index contributed by atoms with van der Waals surface area (Å²) in [6, 6.07) is 15.1. The molecule has 2 amide bonds. The number of allylic oxidation sites excluding steroid dienone is 1. The number of likely N-dealkylation sites (tertiary alicyclic amines) is 1. The Labute approximate surface area is 260 Å². The predicted molar refractivity (Wildman–Crippen MR) is 173 cm³/mol. The van der Waals surface area contributed by atoms with Crippen LogP contribution in [0.25, 0.3) is 11.0 Å². The molecule has 1 aliphatic rings. The first-order valence-corrected chi connectivity index (χ1v) is 15.3. The number of hydrogen-bond acceptors (Lipinski definition) is 5. The highest BCUT2D eigenvalue weighted by Gasteiger charge is 2.32. The molecule has 1 fully saturated rings. The van der Waals surface area contributed by atoms with Crippen LogP contribution < -0.4 is 10.6 Å². The minimum absolute atomic E-state index is 0.128. The van der Waals surface area contributed by atoms with Crippen molar-refractivity contribution in [2.24, 2.45) is 10.8 Å². The maximum absolute atomic E-state index is 13.5. The zero-order valence-corrected chi connectivity index (χ0v) is 27.0. The van der Waals surface area contributed by atoms with Crippen molar-refractivity contribution in [3.05, 3.63) is 70.3 Å². The number of benzene rings is 2. The van der Waals surface area contributed by atoms with Crippen molar-refractivity contribution in [2.75, 3.05) is 11.9 Å². The Hall–Kier alpha value is -3.67. The van der Waals surface area contributed by atoms with E-state index >= 15 is 0 Å². The summed E-state index contributed by atoms with van der Waals surface area (Å²) in [5.74, 6) is -0.140. The minimum Gasteiger partial charge on any atom is -0.333 e. The Morgan fingerprint density at radius 2 is 1.84 bits per heavy atom. The van der Waals surface area contributed by atoms with E-state index in [9.17, 15) is 14.9 Å². The van der Waals surface area contributed by atoms with Gasteiger partial charge in [0.1, 0.15) is 11.6 Å². The smallest absolute Gasteiger partial charge is 0.264 e. The maximum atomic E-state index is 13.5. The Balaban J connectivity index is 1.67. The number of nitriles is 1. The van der Waals surface area contributed by atoms with Crippen LogP contribution in [0.2, 0.25) is 5.02 Å². The molecule has 8 nitrogen and oxygen atoms in total. The van der Waals surface area contributed by atoms with Gasteiger partial charge in [-0.25, -0.2) is 4.98 Å². The van der Waals surface area contributed by atoms with E-state index in [1.165, 1.54) is 0 Å². The van der Waals surface area contributed by atoms with Gasteiger partial charge in [0.2, 0.25) is 5.95 Å². The first-order chi connectivity index (χ1) is 20.2. The van der Waals surface area contributed by atoms with Crippen LogP contribution in [0.4, 0.5) is 5.95 Å². The zero-order valence-electron chi connectivity index (χ0n) is 26.3. The largest absolute Gasteiger partial charge is 0.333 e. The molecular weight excluding hydrogens is 560 g/mol. The molecule has 2 heterocycles. The molecule has 43 heavy (non-hydrogen) atoms. The lowest BCUT2D eigenvalue weighted by Crippen LogP contribution is -2.39. The third kappa shape index (κ3) is 8.04. The van der Waals surface area contributed by atoms with E-state index in [0.717, 1.165) is 29.4 Å². The van der Waals surface area contributed by atoms with Gasteiger partial charge in [-0.1, -0.05) is 65.3 Å². The van der Waals surface area contributed by atoms with Crippen molar-refractivity contribution >= 4 is 40.4 Å². The molecule has 1 aromatic heterocycles. The number of nitrogens with zero attached hydrogens (tertiary/aromatic N) is 4. The summed E-state index contributed by atoms with van der Waals surface area (Å²) in [6.07, 6.45) is 3.37. The van der Waals surface area contributed by atoms with Crippen molar-refractivity contribution in [1.82, 2.24) is 19.8 Å². The van der Waals surface area contributed by atoms with E-state index < -0.39 is 0 Å². The molecular formula is C34H43ClN6O2. The predicted octanol–water partition coefficient (Wildman–Crippen LogP) is 6.95. The van der Waals surface area contributed by atoms with Gasteiger partial charge in [0.15, 0.2) is 0 Å². The van der Waals surface area contributed by atoms with Crippen molar-refractivity contribution in [2.45, 2.75) is 86.5 Å². The molecule has 4 rings (SSSR count). The quantitative estimate of drug-likeness (QED) is 0.214. The van der Waals surface area contributed by atoms with E-state index in [0.29, 0.717) is 42.2 Å². The topological polar surface area (TPSA) is 103 Å². The molecule has 0 spiro atoms. The standard InChI is InChI=1S/C34H43ClN6O2/c1-22(34(5,6)7)37-20-23-10-15-29-28(17-23)38-32(39-30(42)24-11-13-26(35)14-12-24)41(29)21-27-9-8-16-40(27)31(43)25(19-36)18-33(2,3)4/h10-15,17-18,22,27,37H,8-9,16,20-21H2,1-7H3,(H,38,39,42). The normalized spacial score (nSPS) is 16.8. The third-order valence-electron chi connectivity index (χ3n) is 8.02. The highest BCUT2D eigenvalue weighted by Crippen LogP contribution is 2.29. The van der Waals surface area contributed by atoms with Crippen molar-refractivity contribution in [3.8, 4) is 6.07 Å². The van der Waals surface area contributed by atoms with Gasteiger partial charge < -0.3 is 14.8 Å². The lowest BCUT2D eigenvalue weighted by atomic mass is 9.88. The highest BCUT2D eigenvalue weighted by molar-refractivity contribution is 6.30. The zero-order chi connectivity index (χ0) is 31.5. The number of aromatic nitrogens is 2. The number of carbonyl (C=O) groups excluding carboxylic acids is 2. The fourth-order valence-corrected chi connectivity index (χ4v) is 5.28. The van der Waals surface area contributed by atoms with E-state index in [1.54, 1.807) is 35.2 Å². The second-order valence-corrected chi connectivity index (χ2v) is 14.1. The summed E-state index contributed by atoms with van der Waals surface area (Å²) in [5.41, 5.74) is 3.17. The first-order valence-electron chi connectivity index (χ1n) is 14.9.